The summed E-state index contributed by atoms with van der Waals surface area (Å²) in [4.78, 5) is 0. The van der Waals surface area contributed by atoms with E-state index < -0.39 is 0 Å². The number of nitrogens with one attached hydrogen (secondary N) is 1. The average molecular weight is 255 g/mol. The van der Waals surface area contributed by atoms with Gasteiger partial charge in [-0.2, -0.15) is 5.10 Å². The lowest BCUT2D eigenvalue weighted by atomic mass is 10.1. The highest BCUT2D eigenvalue weighted by atomic mass is 15.3. The van der Waals surface area contributed by atoms with Crippen LogP contribution in [0.3, 0.4) is 0 Å². The Balaban J connectivity index is 1.52. The molecule has 1 heterocycles. The van der Waals surface area contributed by atoms with Crippen molar-refractivity contribution < 1.29 is 0 Å². The Hall–Kier alpha value is -1.61. The van der Waals surface area contributed by atoms with Crippen molar-refractivity contribution in [2.45, 2.75) is 44.8 Å². The van der Waals surface area contributed by atoms with E-state index in [4.69, 9.17) is 0 Å². The van der Waals surface area contributed by atoms with E-state index in [9.17, 15) is 0 Å². The van der Waals surface area contributed by atoms with Gasteiger partial charge in [0, 0.05) is 25.0 Å². The van der Waals surface area contributed by atoms with Gasteiger partial charge in [-0.25, -0.2) is 0 Å². The molecule has 2 aromatic rings. The summed E-state index contributed by atoms with van der Waals surface area (Å²) in [5.41, 5.74) is 2.90. The van der Waals surface area contributed by atoms with Gasteiger partial charge in [-0.15, -0.1) is 0 Å². The highest BCUT2D eigenvalue weighted by Crippen LogP contribution is 2.40. The molecule has 0 aliphatic heterocycles. The van der Waals surface area contributed by atoms with E-state index in [-0.39, 0.29) is 0 Å². The molecule has 1 atom stereocenters. The average Bonchev–Trinajstić information content (AvgIpc) is 3.16. The third kappa shape index (κ3) is 3.44. The summed E-state index contributed by atoms with van der Waals surface area (Å²) in [6.45, 7) is 4.05. The van der Waals surface area contributed by atoms with Crippen LogP contribution in [-0.2, 0) is 13.1 Å². The van der Waals surface area contributed by atoms with E-state index in [1.54, 1.807) is 0 Å². The van der Waals surface area contributed by atoms with Gasteiger partial charge >= 0.3 is 0 Å². The molecule has 1 aromatic heterocycles. The van der Waals surface area contributed by atoms with Gasteiger partial charge in [0.15, 0.2) is 0 Å². The Morgan fingerprint density at radius 3 is 3.00 bits per heavy atom. The van der Waals surface area contributed by atoms with Gasteiger partial charge in [-0.3, -0.25) is 4.68 Å². The third-order valence-electron chi connectivity index (χ3n) is 3.67. The lowest BCUT2D eigenvalue weighted by Gasteiger charge is -2.14. The molecular formula is C16H21N3. The molecule has 3 heteroatoms. The summed E-state index contributed by atoms with van der Waals surface area (Å²) >= 11 is 0. The third-order valence-corrected chi connectivity index (χ3v) is 3.67. The largest absolute Gasteiger partial charge is 0.308 e. The number of nitrogens with zero attached hydrogens (tertiary/aromatic N) is 2. The van der Waals surface area contributed by atoms with Crippen molar-refractivity contribution in [1.82, 2.24) is 15.1 Å². The molecule has 1 aromatic carbocycles. The SMILES string of the molecule is CC(Cn1cccn1)NCc1cccc(C2CC2)c1. The number of hydrogen-bond acceptors (Lipinski definition) is 2. The topological polar surface area (TPSA) is 29.9 Å². The van der Waals surface area contributed by atoms with Crippen LogP contribution in [0.25, 0.3) is 0 Å². The molecular weight excluding hydrogens is 234 g/mol. The molecule has 1 saturated carbocycles. The molecule has 1 aliphatic rings. The second-order valence-electron chi connectivity index (χ2n) is 5.53. The van der Waals surface area contributed by atoms with Gasteiger partial charge in [-0.1, -0.05) is 24.3 Å². The maximum absolute atomic E-state index is 4.23. The van der Waals surface area contributed by atoms with E-state index in [1.807, 2.05) is 23.1 Å². The summed E-state index contributed by atoms with van der Waals surface area (Å²) < 4.78 is 1.97. The number of benzene rings is 1. The van der Waals surface area contributed by atoms with Crippen LogP contribution in [0.2, 0.25) is 0 Å². The van der Waals surface area contributed by atoms with Gasteiger partial charge in [0.25, 0.3) is 0 Å². The van der Waals surface area contributed by atoms with Crippen LogP contribution >= 0.6 is 0 Å². The molecule has 19 heavy (non-hydrogen) atoms. The fraction of sp³-hybridized carbons (Fsp3) is 0.438. The highest BCUT2D eigenvalue weighted by molar-refractivity contribution is 5.29. The molecule has 3 rings (SSSR count). The molecule has 0 amide bonds. The Bertz CT molecular complexity index is 515. The smallest absolute Gasteiger partial charge is 0.0560 e. The molecule has 1 unspecified atom stereocenters. The van der Waals surface area contributed by atoms with Crippen LogP contribution in [0.4, 0.5) is 0 Å². The minimum absolute atomic E-state index is 0.421. The predicted molar refractivity (Wildman–Crippen MR) is 76.9 cm³/mol. The van der Waals surface area contributed by atoms with Crippen LogP contribution in [0.5, 0.6) is 0 Å². The molecule has 0 radical (unpaired) electrons. The predicted octanol–water partition coefficient (Wildman–Crippen LogP) is 2.94. The first kappa shape index (κ1) is 12.4. The van der Waals surface area contributed by atoms with E-state index >= 15 is 0 Å². The zero-order chi connectivity index (χ0) is 13.1. The Morgan fingerprint density at radius 1 is 1.37 bits per heavy atom. The van der Waals surface area contributed by atoms with Crippen molar-refractivity contribution >= 4 is 0 Å². The van der Waals surface area contributed by atoms with Crippen LogP contribution in [-0.4, -0.2) is 15.8 Å². The fourth-order valence-corrected chi connectivity index (χ4v) is 2.42. The molecule has 1 N–H and O–H groups in total. The van der Waals surface area contributed by atoms with Gasteiger partial charge in [0.1, 0.15) is 0 Å². The summed E-state index contributed by atoms with van der Waals surface area (Å²) in [6, 6.07) is 11.4. The monoisotopic (exact) mass is 255 g/mol. The Kier molecular flexibility index (Phi) is 3.65. The van der Waals surface area contributed by atoms with Crippen LogP contribution < -0.4 is 5.32 Å². The molecule has 1 aliphatic carbocycles. The van der Waals surface area contributed by atoms with Gasteiger partial charge in [0.2, 0.25) is 0 Å². The summed E-state index contributed by atoms with van der Waals surface area (Å²) in [5.74, 6) is 0.835. The summed E-state index contributed by atoms with van der Waals surface area (Å²) in [5, 5.41) is 7.80. The number of rotatable bonds is 6. The Labute approximate surface area is 114 Å². The molecule has 0 saturated heterocycles. The zero-order valence-electron chi connectivity index (χ0n) is 11.4. The van der Waals surface area contributed by atoms with Crippen molar-refractivity contribution in [3.05, 3.63) is 53.9 Å². The van der Waals surface area contributed by atoms with Gasteiger partial charge in [0.05, 0.1) is 6.54 Å². The van der Waals surface area contributed by atoms with Crippen molar-refractivity contribution in [2.24, 2.45) is 0 Å². The van der Waals surface area contributed by atoms with E-state index in [2.05, 4.69) is 41.6 Å². The van der Waals surface area contributed by atoms with E-state index in [0.717, 1.165) is 19.0 Å². The number of aromatic nitrogens is 2. The Morgan fingerprint density at radius 2 is 2.26 bits per heavy atom. The fourth-order valence-electron chi connectivity index (χ4n) is 2.42. The van der Waals surface area contributed by atoms with Crippen molar-refractivity contribution in [3.8, 4) is 0 Å². The maximum atomic E-state index is 4.23. The first-order chi connectivity index (χ1) is 9.31. The lowest BCUT2D eigenvalue weighted by molar-refractivity contribution is 0.451. The van der Waals surface area contributed by atoms with E-state index in [1.165, 1.54) is 24.0 Å². The van der Waals surface area contributed by atoms with Crippen molar-refractivity contribution in [3.63, 3.8) is 0 Å². The highest BCUT2D eigenvalue weighted by Gasteiger charge is 2.23. The molecule has 1 fully saturated rings. The molecule has 3 nitrogen and oxygen atoms in total. The number of hydrogen-bond donors (Lipinski definition) is 1. The maximum Gasteiger partial charge on any atom is 0.0560 e. The quantitative estimate of drug-likeness (QED) is 0.860. The zero-order valence-corrected chi connectivity index (χ0v) is 11.4. The van der Waals surface area contributed by atoms with Crippen LogP contribution in [0.1, 0.15) is 36.8 Å². The van der Waals surface area contributed by atoms with Gasteiger partial charge in [-0.05, 0) is 42.9 Å². The minimum atomic E-state index is 0.421. The van der Waals surface area contributed by atoms with Crippen molar-refractivity contribution in [2.75, 3.05) is 0 Å². The second-order valence-corrected chi connectivity index (χ2v) is 5.53. The first-order valence-electron chi connectivity index (χ1n) is 7.11. The summed E-state index contributed by atoms with van der Waals surface area (Å²) in [7, 11) is 0. The van der Waals surface area contributed by atoms with Crippen LogP contribution in [0, 0.1) is 0 Å². The molecule has 100 valence electrons. The normalized spacial score (nSPS) is 16.5. The second kappa shape index (κ2) is 5.57. The van der Waals surface area contributed by atoms with E-state index in [0.29, 0.717) is 6.04 Å². The molecule has 0 spiro atoms. The lowest BCUT2D eigenvalue weighted by Crippen LogP contribution is -2.30. The van der Waals surface area contributed by atoms with Crippen LogP contribution in [0.15, 0.2) is 42.7 Å². The standard InChI is InChI=1S/C16H21N3/c1-13(12-19-9-3-8-18-19)17-11-14-4-2-5-16(10-14)15-6-7-15/h2-5,8-10,13,15,17H,6-7,11-12H2,1H3. The van der Waals surface area contributed by atoms with Gasteiger partial charge < -0.3 is 5.32 Å². The minimum Gasteiger partial charge on any atom is -0.308 e. The molecule has 0 bridgehead atoms. The van der Waals surface area contributed by atoms with Crippen molar-refractivity contribution in [1.29, 1.82) is 0 Å². The first-order valence-corrected chi connectivity index (χ1v) is 7.11. The summed E-state index contributed by atoms with van der Waals surface area (Å²) in [6.07, 6.45) is 6.57.